The predicted octanol–water partition coefficient (Wildman–Crippen LogP) is 3.77. The fourth-order valence-corrected chi connectivity index (χ4v) is 2.49. The van der Waals surface area contributed by atoms with Gasteiger partial charge in [-0.15, -0.1) is 0 Å². The number of halogens is 1. The van der Waals surface area contributed by atoms with Gasteiger partial charge in [-0.25, -0.2) is 0 Å². The maximum absolute atomic E-state index is 6.30. The van der Waals surface area contributed by atoms with Gasteiger partial charge in [0.2, 0.25) is 0 Å². The zero-order chi connectivity index (χ0) is 13.2. The average molecular weight is 268 g/mol. The van der Waals surface area contributed by atoms with Crippen molar-refractivity contribution in [3.63, 3.8) is 0 Å². The van der Waals surface area contributed by atoms with Gasteiger partial charge in [0, 0.05) is 12.0 Å². The highest BCUT2D eigenvalue weighted by atomic mass is 35.5. The highest BCUT2D eigenvalue weighted by molar-refractivity contribution is 6.32. The fourth-order valence-electron chi connectivity index (χ4n) is 2.26. The topological polar surface area (TPSA) is 21.3 Å². The van der Waals surface area contributed by atoms with Crippen molar-refractivity contribution < 1.29 is 4.74 Å². The zero-order valence-electron chi connectivity index (χ0n) is 11.4. The van der Waals surface area contributed by atoms with Crippen molar-refractivity contribution in [2.24, 2.45) is 0 Å². The van der Waals surface area contributed by atoms with Gasteiger partial charge in [-0.2, -0.15) is 0 Å². The summed E-state index contributed by atoms with van der Waals surface area (Å²) in [4.78, 5) is 0. The second-order valence-electron chi connectivity index (χ2n) is 5.37. The maximum atomic E-state index is 6.30. The Bertz CT molecular complexity index is 413. The molecule has 3 heteroatoms. The van der Waals surface area contributed by atoms with Crippen molar-refractivity contribution in [2.45, 2.75) is 45.1 Å². The molecule has 1 aliphatic carbocycles. The van der Waals surface area contributed by atoms with Gasteiger partial charge in [0.05, 0.1) is 11.1 Å². The van der Waals surface area contributed by atoms with Crippen LogP contribution in [0.5, 0.6) is 5.75 Å². The summed E-state index contributed by atoms with van der Waals surface area (Å²) in [6.45, 7) is 8.23. The van der Waals surface area contributed by atoms with Gasteiger partial charge < -0.3 is 10.1 Å². The molecular weight excluding hydrogens is 246 g/mol. The van der Waals surface area contributed by atoms with E-state index < -0.39 is 0 Å². The van der Waals surface area contributed by atoms with E-state index in [0.29, 0.717) is 5.41 Å². The minimum Gasteiger partial charge on any atom is -0.489 e. The first kappa shape index (κ1) is 13.7. The normalized spacial score (nSPS) is 16.9. The molecular formula is C15H22ClNO. The third kappa shape index (κ3) is 2.99. The molecule has 2 nitrogen and oxygen atoms in total. The molecule has 1 saturated carbocycles. The summed E-state index contributed by atoms with van der Waals surface area (Å²) in [6, 6.07) is 6.24. The van der Waals surface area contributed by atoms with Crippen molar-refractivity contribution in [1.82, 2.24) is 5.32 Å². The Kier molecular flexibility index (Phi) is 4.18. The van der Waals surface area contributed by atoms with Gasteiger partial charge >= 0.3 is 0 Å². The fraction of sp³-hybridized carbons (Fsp3) is 0.600. The number of benzene rings is 1. The molecule has 18 heavy (non-hydrogen) atoms. The van der Waals surface area contributed by atoms with Crippen molar-refractivity contribution in [3.8, 4) is 5.75 Å². The highest BCUT2D eigenvalue weighted by Gasteiger charge is 2.43. The van der Waals surface area contributed by atoms with E-state index in [0.717, 1.165) is 23.9 Å². The minimum absolute atomic E-state index is 0.157. The van der Waals surface area contributed by atoms with Gasteiger partial charge in [0.25, 0.3) is 0 Å². The van der Waals surface area contributed by atoms with E-state index in [1.165, 1.54) is 18.4 Å². The third-order valence-electron chi connectivity index (χ3n) is 3.47. The SMILES string of the molecule is CCNCC1(c2ccc(OC(C)C)c(Cl)c2)CC1. The molecule has 100 valence electrons. The van der Waals surface area contributed by atoms with Crippen molar-refractivity contribution >= 4 is 11.6 Å². The monoisotopic (exact) mass is 267 g/mol. The van der Waals surface area contributed by atoms with E-state index in [1.807, 2.05) is 19.9 Å². The van der Waals surface area contributed by atoms with Crippen molar-refractivity contribution in [3.05, 3.63) is 28.8 Å². The molecule has 0 spiro atoms. The van der Waals surface area contributed by atoms with E-state index in [9.17, 15) is 0 Å². The molecule has 0 aromatic heterocycles. The van der Waals surface area contributed by atoms with Gasteiger partial charge in [0.1, 0.15) is 5.75 Å². The molecule has 0 atom stereocenters. The number of ether oxygens (including phenoxy) is 1. The molecule has 1 N–H and O–H groups in total. The van der Waals surface area contributed by atoms with Crippen LogP contribution >= 0.6 is 11.6 Å². The van der Waals surface area contributed by atoms with Gasteiger partial charge in [0.15, 0.2) is 0 Å². The van der Waals surface area contributed by atoms with Crippen LogP contribution in [0, 0.1) is 0 Å². The first-order valence-electron chi connectivity index (χ1n) is 6.75. The molecule has 2 rings (SSSR count). The first-order chi connectivity index (χ1) is 8.57. The molecule has 0 saturated heterocycles. The number of likely N-dealkylation sites (N-methyl/N-ethyl adjacent to an activating group) is 1. The van der Waals surface area contributed by atoms with E-state index >= 15 is 0 Å². The molecule has 0 bridgehead atoms. The predicted molar refractivity (Wildman–Crippen MR) is 76.7 cm³/mol. The lowest BCUT2D eigenvalue weighted by Crippen LogP contribution is -2.26. The zero-order valence-corrected chi connectivity index (χ0v) is 12.2. The van der Waals surface area contributed by atoms with Gasteiger partial charge in [-0.3, -0.25) is 0 Å². The van der Waals surface area contributed by atoms with Crippen molar-refractivity contribution in [2.75, 3.05) is 13.1 Å². The quantitative estimate of drug-likeness (QED) is 0.847. The molecule has 1 fully saturated rings. The maximum Gasteiger partial charge on any atom is 0.138 e. The van der Waals surface area contributed by atoms with Crippen molar-refractivity contribution in [1.29, 1.82) is 0 Å². The molecule has 1 aromatic carbocycles. The molecule has 0 heterocycles. The van der Waals surface area contributed by atoms with E-state index in [4.69, 9.17) is 16.3 Å². The van der Waals surface area contributed by atoms with Crippen LogP contribution < -0.4 is 10.1 Å². The Morgan fingerprint density at radius 1 is 1.39 bits per heavy atom. The lowest BCUT2D eigenvalue weighted by Gasteiger charge is -2.18. The molecule has 0 radical (unpaired) electrons. The summed E-state index contributed by atoms with van der Waals surface area (Å²) in [5, 5.41) is 4.17. The molecule has 1 aliphatic rings. The summed E-state index contributed by atoms with van der Waals surface area (Å²) in [5.41, 5.74) is 1.65. The number of hydrogen-bond donors (Lipinski definition) is 1. The standard InChI is InChI=1S/C15H22ClNO/c1-4-17-10-15(7-8-15)12-5-6-14(13(16)9-12)18-11(2)3/h5-6,9,11,17H,4,7-8,10H2,1-3H3. The summed E-state index contributed by atoms with van der Waals surface area (Å²) < 4.78 is 5.67. The highest BCUT2D eigenvalue weighted by Crippen LogP contribution is 2.48. The van der Waals surface area contributed by atoms with Gasteiger partial charge in [-0.1, -0.05) is 24.6 Å². The summed E-state index contributed by atoms with van der Waals surface area (Å²) in [5.74, 6) is 0.787. The number of nitrogens with one attached hydrogen (secondary N) is 1. The Labute approximate surface area is 115 Å². The van der Waals surface area contributed by atoms with Crippen LogP contribution in [0.1, 0.15) is 39.2 Å². The second-order valence-corrected chi connectivity index (χ2v) is 5.78. The van der Waals surface area contributed by atoms with Gasteiger partial charge in [-0.05, 0) is 50.9 Å². The van der Waals surface area contributed by atoms with Crippen LogP contribution in [0.3, 0.4) is 0 Å². The third-order valence-corrected chi connectivity index (χ3v) is 3.77. The second kappa shape index (κ2) is 5.50. The molecule has 1 aromatic rings. The van der Waals surface area contributed by atoms with Crippen LogP contribution in [0.4, 0.5) is 0 Å². The Hall–Kier alpha value is -0.730. The Balaban J connectivity index is 2.13. The Morgan fingerprint density at radius 3 is 2.61 bits per heavy atom. The lowest BCUT2D eigenvalue weighted by atomic mass is 9.96. The molecule has 0 aliphatic heterocycles. The van der Waals surface area contributed by atoms with Crippen LogP contribution in [0.15, 0.2) is 18.2 Å². The lowest BCUT2D eigenvalue weighted by molar-refractivity contribution is 0.242. The minimum atomic E-state index is 0.157. The summed E-state index contributed by atoms with van der Waals surface area (Å²) >= 11 is 6.30. The van der Waals surface area contributed by atoms with E-state index in [2.05, 4.69) is 24.4 Å². The number of rotatable bonds is 6. The van der Waals surface area contributed by atoms with Crippen LogP contribution in [-0.2, 0) is 5.41 Å². The van der Waals surface area contributed by atoms with E-state index in [1.54, 1.807) is 0 Å². The average Bonchev–Trinajstić information content (AvgIpc) is 3.10. The van der Waals surface area contributed by atoms with Crippen LogP contribution in [0.2, 0.25) is 5.02 Å². The molecule has 0 amide bonds. The van der Waals surface area contributed by atoms with E-state index in [-0.39, 0.29) is 6.10 Å². The largest absolute Gasteiger partial charge is 0.489 e. The molecule has 0 unspecified atom stereocenters. The smallest absolute Gasteiger partial charge is 0.138 e. The Morgan fingerprint density at radius 2 is 2.11 bits per heavy atom. The summed E-state index contributed by atoms with van der Waals surface area (Å²) in [6.07, 6.45) is 2.66. The van der Waals surface area contributed by atoms with Crippen LogP contribution in [-0.4, -0.2) is 19.2 Å². The number of hydrogen-bond acceptors (Lipinski definition) is 2. The van der Waals surface area contributed by atoms with Crippen LogP contribution in [0.25, 0.3) is 0 Å². The first-order valence-corrected chi connectivity index (χ1v) is 7.12. The summed E-state index contributed by atoms with van der Waals surface area (Å²) in [7, 11) is 0.